The molecule has 2 rings (SSSR count). The Morgan fingerprint density at radius 2 is 2.18 bits per heavy atom. The number of amides is 1. The normalized spacial score (nSPS) is 15.9. The van der Waals surface area contributed by atoms with Crippen molar-refractivity contribution >= 4 is 39.1 Å². The highest BCUT2D eigenvalue weighted by molar-refractivity contribution is 9.09. The van der Waals surface area contributed by atoms with E-state index in [1.54, 1.807) is 0 Å². The van der Waals surface area contributed by atoms with Crippen LogP contribution in [0.1, 0.15) is 36.2 Å². The number of rotatable bonds is 3. The summed E-state index contributed by atoms with van der Waals surface area (Å²) in [5.74, 6) is 0.645. The molecule has 92 valence electrons. The van der Waals surface area contributed by atoms with Crippen LogP contribution >= 0.6 is 27.5 Å². The second-order valence-corrected chi connectivity index (χ2v) is 6.37. The lowest BCUT2D eigenvalue weighted by atomic mass is 10.00. The Morgan fingerprint density at radius 1 is 1.47 bits per heavy atom. The number of fused-ring (bicyclic) bond motifs is 1. The van der Waals surface area contributed by atoms with Crippen molar-refractivity contribution in [3.8, 4) is 0 Å². The highest BCUT2D eigenvalue weighted by Crippen LogP contribution is 2.38. The zero-order valence-electron chi connectivity index (χ0n) is 9.89. The van der Waals surface area contributed by atoms with Crippen LogP contribution in [0.2, 0.25) is 5.02 Å². The largest absolute Gasteiger partial charge is 0.325 e. The number of halogens is 2. The molecule has 1 heterocycles. The van der Waals surface area contributed by atoms with Gasteiger partial charge in [0.2, 0.25) is 5.91 Å². The highest BCUT2D eigenvalue weighted by atomic mass is 79.9. The van der Waals surface area contributed by atoms with E-state index in [4.69, 9.17) is 11.6 Å². The predicted octanol–water partition coefficient (Wildman–Crippen LogP) is 4.32. The molecule has 2 nitrogen and oxygen atoms in total. The number of nitrogens with one attached hydrogen (secondary N) is 1. The van der Waals surface area contributed by atoms with Gasteiger partial charge in [-0.3, -0.25) is 4.79 Å². The molecule has 0 saturated carbocycles. The fourth-order valence-electron chi connectivity index (χ4n) is 2.05. The zero-order chi connectivity index (χ0) is 12.6. The molecule has 0 saturated heterocycles. The quantitative estimate of drug-likeness (QED) is 0.827. The molecule has 0 aliphatic carbocycles. The molecule has 1 aromatic rings. The summed E-state index contributed by atoms with van der Waals surface area (Å²) in [4.78, 5) is 11.6. The lowest BCUT2D eigenvalue weighted by Gasteiger charge is -2.15. The molecule has 0 radical (unpaired) electrons. The fraction of sp³-hybridized carbons (Fsp3) is 0.462. The van der Waals surface area contributed by atoms with E-state index >= 15 is 0 Å². The molecule has 1 aromatic carbocycles. The van der Waals surface area contributed by atoms with E-state index in [1.807, 2.05) is 12.1 Å². The first kappa shape index (κ1) is 12.9. The lowest BCUT2D eigenvalue weighted by Crippen LogP contribution is -2.03. The summed E-state index contributed by atoms with van der Waals surface area (Å²) in [5, 5.41) is 3.52. The maximum atomic E-state index is 11.3. The van der Waals surface area contributed by atoms with Gasteiger partial charge >= 0.3 is 0 Å². The van der Waals surface area contributed by atoms with Gasteiger partial charge in [0, 0.05) is 15.5 Å². The van der Waals surface area contributed by atoms with Crippen molar-refractivity contribution in [2.45, 2.75) is 31.5 Å². The predicted molar refractivity (Wildman–Crippen MR) is 74.9 cm³/mol. The Bertz CT molecular complexity index is 459. The second kappa shape index (κ2) is 4.99. The molecule has 0 fully saturated rings. The summed E-state index contributed by atoms with van der Waals surface area (Å²) < 4.78 is 0. The van der Waals surface area contributed by atoms with Crippen LogP contribution in [-0.4, -0.2) is 5.91 Å². The van der Waals surface area contributed by atoms with Crippen LogP contribution in [0, 0.1) is 5.92 Å². The van der Waals surface area contributed by atoms with Crippen LogP contribution in [0.5, 0.6) is 0 Å². The Morgan fingerprint density at radius 3 is 2.82 bits per heavy atom. The third-order valence-corrected chi connectivity index (χ3v) is 4.06. The van der Waals surface area contributed by atoms with Gasteiger partial charge in [0.1, 0.15) is 0 Å². The first-order valence-corrected chi connectivity index (χ1v) is 7.03. The van der Waals surface area contributed by atoms with Crippen LogP contribution in [0.4, 0.5) is 5.69 Å². The summed E-state index contributed by atoms with van der Waals surface area (Å²) in [6, 6.07) is 3.89. The van der Waals surface area contributed by atoms with Crippen LogP contribution in [0.15, 0.2) is 12.1 Å². The van der Waals surface area contributed by atoms with Crippen LogP contribution in [0.3, 0.4) is 0 Å². The molecule has 17 heavy (non-hydrogen) atoms. The Labute approximate surface area is 115 Å². The first-order chi connectivity index (χ1) is 7.97. The number of carbonyl (C=O) groups is 1. The van der Waals surface area contributed by atoms with Crippen LogP contribution in [-0.2, 0) is 11.2 Å². The molecule has 1 amide bonds. The molecule has 0 aromatic heterocycles. The van der Waals surface area contributed by atoms with Crippen molar-refractivity contribution in [1.82, 2.24) is 0 Å². The zero-order valence-corrected chi connectivity index (χ0v) is 12.2. The Hall–Kier alpha value is -0.540. The molecule has 1 aliphatic heterocycles. The van der Waals surface area contributed by atoms with Gasteiger partial charge in [-0.15, -0.1) is 0 Å². The van der Waals surface area contributed by atoms with Gasteiger partial charge in [-0.1, -0.05) is 47.4 Å². The van der Waals surface area contributed by atoms with Crippen LogP contribution < -0.4 is 5.32 Å². The first-order valence-electron chi connectivity index (χ1n) is 5.73. The average Bonchev–Trinajstić information content (AvgIpc) is 2.54. The molecule has 0 bridgehead atoms. The number of alkyl halides is 1. The van der Waals surface area contributed by atoms with Gasteiger partial charge in [-0.25, -0.2) is 0 Å². The van der Waals surface area contributed by atoms with Crippen LogP contribution in [0.25, 0.3) is 0 Å². The summed E-state index contributed by atoms with van der Waals surface area (Å²) in [7, 11) is 0. The maximum absolute atomic E-state index is 11.3. The number of anilines is 1. The van der Waals surface area contributed by atoms with Crippen molar-refractivity contribution < 1.29 is 4.79 Å². The number of hydrogen-bond donors (Lipinski definition) is 1. The SMILES string of the molecule is CC(C)CC(Br)c1cc2c(cc1Cl)NC(=O)C2. The molecule has 1 atom stereocenters. The van der Waals surface area contributed by atoms with Gasteiger partial charge in [-0.05, 0) is 29.5 Å². The fourth-order valence-corrected chi connectivity index (χ4v) is 3.60. The van der Waals surface area contributed by atoms with Gasteiger partial charge in [0.25, 0.3) is 0 Å². The minimum Gasteiger partial charge on any atom is -0.325 e. The monoisotopic (exact) mass is 315 g/mol. The minimum absolute atomic E-state index is 0.0446. The standard InChI is InChI=1S/C13H15BrClNO/c1-7(2)3-10(14)9-4-8-5-13(17)16-12(8)6-11(9)15/h4,6-7,10H,3,5H2,1-2H3,(H,16,17). The Kier molecular flexibility index (Phi) is 3.79. The average molecular weight is 317 g/mol. The third kappa shape index (κ3) is 2.83. The maximum Gasteiger partial charge on any atom is 0.228 e. The van der Waals surface area contributed by atoms with E-state index in [1.165, 1.54) is 0 Å². The second-order valence-electron chi connectivity index (χ2n) is 4.85. The van der Waals surface area contributed by atoms with Gasteiger partial charge < -0.3 is 5.32 Å². The number of hydrogen-bond acceptors (Lipinski definition) is 1. The van der Waals surface area contributed by atoms with E-state index in [-0.39, 0.29) is 10.7 Å². The van der Waals surface area contributed by atoms with Gasteiger partial charge in [0.15, 0.2) is 0 Å². The van der Waals surface area contributed by atoms with Crippen molar-refractivity contribution in [2.24, 2.45) is 5.92 Å². The van der Waals surface area contributed by atoms with Crippen molar-refractivity contribution in [2.75, 3.05) is 5.32 Å². The van der Waals surface area contributed by atoms with Crippen molar-refractivity contribution in [3.63, 3.8) is 0 Å². The molecule has 1 aliphatic rings. The van der Waals surface area contributed by atoms with Crippen molar-refractivity contribution in [1.29, 1.82) is 0 Å². The highest BCUT2D eigenvalue weighted by Gasteiger charge is 2.22. The van der Waals surface area contributed by atoms with E-state index < -0.39 is 0 Å². The molecular formula is C13H15BrClNO. The summed E-state index contributed by atoms with van der Waals surface area (Å²) in [6.07, 6.45) is 1.49. The molecular weight excluding hydrogens is 302 g/mol. The third-order valence-electron chi connectivity index (χ3n) is 2.86. The molecule has 1 N–H and O–H groups in total. The van der Waals surface area contributed by atoms with E-state index in [0.29, 0.717) is 17.4 Å². The lowest BCUT2D eigenvalue weighted by molar-refractivity contribution is -0.115. The van der Waals surface area contributed by atoms with Crippen molar-refractivity contribution in [3.05, 3.63) is 28.3 Å². The molecule has 4 heteroatoms. The minimum atomic E-state index is 0.0446. The Balaban J connectivity index is 2.30. The number of benzene rings is 1. The molecule has 1 unspecified atom stereocenters. The molecule has 0 spiro atoms. The summed E-state index contributed by atoms with van der Waals surface area (Å²) >= 11 is 9.92. The van der Waals surface area contributed by atoms with E-state index in [9.17, 15) is 4.79 Å². The summed E-state index contributed by atoms with van der Waals surface area (Å²) in [5.41, 5.74) is 2.98. The van der Waals surface area contributed by atoms with Gasteiger partial charge in [0.05, 0.1) is 6.42 Å². The van der Waals surface area contributed by atoms with E-state index in [0.717, 1.165) is 23.2 Å². The van der Waals surface area contributed by atoms with Gasteiger partial charge in [-0.2, -0.15) is 0 Å². The number of carbonyl (C=O) groups excluding carboxylic acids is 1. The smallest absolute Gasteiger partial charge is 0.228 e. The van der Waals surface area contributed by atoms with E-state index in [2.05, 4.69) is 35.1 Å². The summed E-state index contributed by atoms with van der Waals surface area (Å²) in [6.45, 7) is 4.36. The topological polar surface area (TPSA) is 29.1 Å².